The number of hydrogen-bond acceptors (Lipinski definition) is 4. The largest absolute Gasteiger partial charge is 0.487 e. The van der Waals surface area contributed by atoms with Crippen LogP contribution in [0.4, 0.5) is 20.2 Å². The lowest BCUT2D eigenvalue weighted by Crippen LogP contribution is -2.16. The van der Waals surface area contributed by atoms with E-state index in [1.165, 1.54) is 25.0 Å². The summed E-state index contributed by atoms with van der Waals surface area (Å²) in [5.74, 6) is -0.806. The van der Waals surface area contributed by atoms with E-state index in [1.807, 2.05) is 0 Å². The summed E-state index contributed by atoms with van der Waals surface area (Å²) in [6.45, 7) is 3.55. The van der Waals surface area contributed by atoms with E-state index in [-0.39, 0.29) is 17.0 Å². The Balaban J connectivity index is 0.000000885. The Bertz CT molecular complexity index is 452. The van der Waals surface area contributed by atoms with Gasteiger partial charge in [0.1, 0.15) is 12.4 Å². The van der Waals surface area contributed by atoms with Gasteiger partial charge in [-0.25, -0.2) is 8.78 Å². The number of ether oxygens (including phenoxy) is 1. The van der Waals surface area contributed by atoms with E-state index < -0.39 is 18.9 Å². The summed E-state index contributed by atoms with van der Waals surface area (Å²) in [6.07, 6.45) is 0.00585. The minimum atomic E-state index is -2.63. The molecule has 0 unspecified atom stereocenters. The van der Waals surface area contributed by atoms with E-state index in [4.69, 9.17) is 16.2 Å². The molecule has 0 aliphatic rings. The second-order valence-electron chi connectivity index (χ2n) is 4.25. The van der Waals surface area contributed by atoms with E-state index in [1.54, 1.807) is 7.05 Å². The molecule has 0 atom stereocenters. The maximum atomic E-state index is 12.0. The summed E-state index contributed by atoms with van der Waals surface area (Å²) in [6, 6.07) is 2.65. The third-order valence-electron chi connectivity index (χ3n) is 2.55. The number of benzene rings is 1. The summed E-state index contributed by atoms with van der Waals surface area (Å²) >= 11 is 0. The van der Waals surface area contributed by atoms with Crippen LogP contribution in [-0.2, 0) is 0 Å². The van der Waals surface area contributed by atoms with E-state index in [0.29, 0.717) is 5.69 Å². The third-order valence-corrected chi connectivity index (χ3v) is 2.55. The van der Waals surface area contributed by atoms with Crippen molar-refractivity contribution in [2.75, 3.05) is 24.7 Å². The van der Waals surface area contributed by atoms with Gasteiger partial charge in [0.15, 0.2) is 0 Å². The third kappa shape index (κ3) is 6.78. The molecule has 0 aliphatic heterocycles. The first kappa shape index (κ1) is 18.9. The first-order valence-corrected chi connectivity index (χ1v) is 6.69. The number of halogens is 2. The van der Waals surface area contributed by atoms with Crippen LogP contribution in [-0.4, -0.2) is 26.0 Å². The van der Waals surface area contributed by atoms with Crippen molar-refractivity contribution in [3.63, 3.8) is 0 Å². The number of alkyl halides is 2. The Kier molecular flexibility index (Phi) is 8.84. The maximum Gasteiger partial charge on any atom is 0.272 e. The zero-order valence-corrected chi connectivity index (χ0v) is 12.6. The zero-order chi connectivity index (χ0) is 16.4. The van der Waals surface area contributed by atoms with Crippen LogP contribution in [0.2, 0.25) is 0 Å². The quantitative estimate of drug-likeness (QED) is 0.705. The van der Waals surface area contributed by atoms with E-state index in [0.717, 1.165) is 0 Å². The van der Waals surface area contributed by atoms with Crippen LogP contribution in [0.3, 0.4) is 0 Å². The molecule has 1 aromatic carbocycles. The number of rotatable bonds is 6. The van der Waals surface area contributed by atoms with E-state index in [9.17, 15) is 13.6 Å². The number of nitrogens with two attached hydrogens (primary N) is 2. The van der Waals surface area contributed by atoms with Gasteiger partial charge in [-0.3, -0.25) is 4.79 Å². The SMILES string of the molecule is CCCC.CNc1cc(OCC(F)F)c(C(N)=O)cc1N. The lowest BCUT2D eigenvalue weighted by atomic mass is 10.1. The lowest BCUT2D eigenvalue weighted by Gasteiger charge is -2.13. The molecule has 0 heterocycles. The van der Waals surface area contributed by atoms with Gasteiger partial charge in [0.05, 0.1) is 16.9 Å². The Hall–Kier alpha value is -2.05. The molecule has 1 aromatic rings. The van der Waals surface area contributed by atoms with Crippen LogP contribution in [0.15, 0.2) is 12.1 Å². The molecule has 120 valence electrons. The van der Waals surface area contributed by atoms with Gasteiger partial charge in [-0.2, -0.15) is 0 Å². The monoisotopic (exact) mass is 303 g/mol. The molecule has 0 fully saturated rings. The topological polar surface area (TPSA) is 90.4 Å². The minimum Gasteiger partial charge on any atom is -0.487 e. The lowest BCUT2D eigenvalue weighted by molar-refractivity contribution is 0.0801. The van der Waals surface area contributed by atoms with Crippen molar-refractivity contribution in [3.05, 3.63) is 17.7 Å². The predicted molar refractivity (Wildman–Crippen MR) is 81.0 cm³/mol. The molecule has 0 bridgehead atoms. The number of primary amides is 1. The van der Waals surface area contributed by atoms with Crippen LogP contribution in [0.5, 0.6) is 5.75 Å². The second-order valence-corrected chi connectivity index (χ2v) is 4.25. The van der Waals surface area contributed by atoms with Crippen molar-refractivity contribution >= 4 is 17.3 Å². The van der Waals surface area contributed by atoms with Crippen molar-refractivity contribution < 1.29 is 18.3 Å². The molecule has 1 rings (SSSR count). The first-order chi connectivity index (χ1) is 9.87. The standard InChI is InChI=1S/C10H13F2N3O2.C4H10/c1-15-7-3-8(17-4-9(11)12)5(10(14)16)2-6(7)13;1-3-4-2/h2-3,9,15H,4,13H2,1H3,(H2,14,16);3-4H2,1-2H3. The second kappa shape index (κ2) is 9.79. The molecule has 0 aliphatic carbocycles. The zero-order valence-electron chi connectivity index (χ0n) is 12.6. The average molecular weight is 303 g/mol. The van der Waals surface area contributed by atoms with Gasteiger partial charge in [-0.05, 0) is 6.07 Å². The highest BCUT2D eigenvalue weighted by Crippen LogP contribution is 2.29. The van der Waals surface area contributed by atoms with Gasteiger partial charge in [0.25, 0.3) is 12.3 Å². The average Bonchev–Trinajstić information content (AvgIpc) is 2.45. The Labute approximate surface area is 123 Å². The van der Waals surface area contributed by atoms with Gasteiger partial charge in [0.2, 0.25) is 0 Å². The van der Waals surface area contributed by atoms with Crippen LogP contribution in [0.1, 0.15) is 37.0 Å². The molecule has 0 saturated heterocycles. The van der Waals surface area contributed by atoms with Crippen molar-refractivity contribution in [3.8, 4) is 5.75 Å². The highest BCUT2D eigenvalue weighted by atomic mass is 19.3. The number of anilines is 2. The van der Waals surface area contributed by atoms with Crippen molar-refractivity contribution in [1.29, 1.82) is 0 Å². The molecule has 0 radical (unpaired) electrons. The molecule has 7 heteroatoms. The number of carbonyl (C=O) groups excluding carboxylic acids is 1. The van der Waals surface area contributed by atoms with Crippen molar-refractivity contribution in [2.45, 2.75) is 33.1 Å². The van der Waals surface area contributed by atoms with E-state index >= 15 is 0 Å². The molecule has 1 amide bonds. The summed E-state index contributed by atoms with van der Waals surface area (Å²) in [4.78, 5) is 11.1. The van der Waals surface area contributed by atoms with Crippen molar-refractivity contribution in [1.82, 2.24) is 0 Å². The molecule has 0 saturated carbocycles. The maximum absolute atomic E-state index is 12.0. The Morgan fingerprint density at radius 2 is 1.90 bits per heavy atom. The Morgan fingerprint density at radius 3 is 2.29 bits per heavy atom. The number of amides is 1. The predicted octanol–water partition coefficient (Wildman–Crippen LogP) is 2.86. The van der Waals surface area contributed by atoms with Gasteiger partial charge in [0, 0.05) is 13.1 Å². The Morgan fingerprint density at radius 1 is 1.33 bits per heavy atom. The fourth-order valence-corrected chi connectivity index (χ4v) is 1.28. The van der Waals surface area contributed by atoms with Crippen LogP contribution >= 0.6 is 0 Å². The fourth-order valence-electron chi connectivity index (χ4n) is 1.28. The van der Waals surface area contributed by atoms with Crippen LogP contribution in [0, 0.1) is 0 Å². The van der Waals surface area contributed by atoms with Gasteiger partial charge < -0.3 is 21.5 Å². The molecule has 21 heavy (non-hydrogen) atoms. The van der Waals surface area contributed by atoms with Crippen LogP contribution in [0.25, 0.3) is 0 Å². The van der Waals surface area contributed by atoms with Gasteiger partial charge in [-0.1, -0.05) is 26.7 Å². The number of carbonyl (C=O) groups is 1. The molecule has 0 aromatic heterocycles. The van der Waals surface area contributed by atoms with Crippen LogP contribution < -0.4 is 21.5 Å². The summed E-state index contributed by atoms with van der Waals surface area (Å²) < 4.78 is 28.9. The number of nitrogen functional groups attached to an aromatic ring is 1. The first-order valence-electron chi connectivity index (χ1n) is 6.69. The number of hydrogen-bond donors (Lipinski definition) is 3. The number of nitrogens with one attached hydrogen (secondary N) is 1. The van der Waals surface area contributed by atoms with Crippen molar-refractivity contribution in [2.24, 2.45) is 5.73 Å². The molecule has 0 spiro atoms. The highest BCUT2D eigenvalue weighted by Gasteiger charge is 2.14. The van der Waals surface area contributed by atoms with Gasteiger partial charge >= 0.3 is 0 Å². The summed E-state index contributed by atoms with van der Waals surface area (Å²) in [5.41, 5.74) is 11.4. The molecular weight excluding hydrogens is 280 g/mol. The normalized spacial score (nSPS) is 9.81. The fraction of sp³-hybridized carbons (Fsp3) is 0.500. The van der Waals surface area contributed by atoms with Gasteiger partial charge in [-0.15, -0.1) is 0 Å². The minimum absolute atomic E-state index is 0.0173. The molecule has 5 N–H and O–H groups in total. The summed E-state index contributed by atoms with van der Waals surface area (Å²) in [7, 11) is 1.60. The smallest absolute Gasteiger partial charge is 0.272 e. The summed E-state index contributed by atoms with van der Waals surface area (Å²) in [5, 5.41) is 2.74. The molecular formula is C14H23F2N3O2. The molecule has 5 nitrogen and oxygen atoms in total. The van der Waals surface area contributed by atoms with E-state index in [2.05, 4.69) is 19.2 Å². The number of unbranched alkanes of at least 4 members (excludes halogenated alkanes) is 1. The highest BCUT2D eigenvalue weighted by molar-refractivity contribution is 5.98.